The Morgan fingerprint density at radius 2 is 2.00 bits per heavy atom. The Kier molecular flexibility index (Phi) is 4.96. The number of amides is 1. The summed E-state index contributed by atoms with van der Waals surface area (Å²) >= 11 is 0. The van der Waals surface area contributed by atoms with Gasteiger partial charge in [0.15, 0.2) is 6.10 Å². The van der Waals surface area contributed by atoms with Crippen LogP contribution in [0.4, 0.5) is 0 Å². The molecule has 3 unspecified atom stereocenters. The summed E-state index contributed by atoms with van der Waals surface area (Å²) in [6.45, 7) is 3.98. The van der Waals surface area contributed by atoms with Crippen LogP contribution in [-0.4, -0.2) is 35.2 Å². The molecule has 1 aliphatic rings. The van der Waals surface area contributed by atoms with Crippen molar-refractivity contribution in [2.45, 2.75) is 51.4 Å². The average molecular weight is 291 g/mol. The summed E-state index contributed by atoms with van der Waals surface area (Å²) in [7, 11) is 0. The largest absolute Gasteiger partial charge is 0.479 e. The second-order valence-electron chi connectivity index (χ2n) is 5.57. The Labute approximate surface area is 124 Å². The van der Waals surface area contributed by atoms with Crippen LogP contribution in [0.2, 0.25) is 0 Å². The molecular formula is C16H21NO4. The molecule has 1 fully saturated rings. The van der Waals surface area contributed by atoms with Gasteiger partial charge in [-0.1, -0.05) is 24.3 Å². The molecular weight excluding hydrogens is 270 g/mol. The molecule has 0 aliphatic carbocycles. The molecule has 0 radical (unpaired) electrons. The van der Waals surface area contributed by atoms with E-state index in [2.05, 4.69) is 5.32 Å². The number of hydrogen-bond acceptors (Lipinski definition) is 3. The Morgan fingerprint density at radius 1 is 1.33 bits per heavy atom. The lowest BCUT2D eigenvalue weighted by atomic mass is 10.0. The van der Waals surface area contributed by atoms with Crippen LogP contribution in [0.3, 0.4) is 0 Å². The van der Waals surface area contributed by atoms with Crippen molar-refractivity contribution >= 4 is 11.9 Å². The van der Waals surface area contributed by atoms with Crippen LogP contribution < -0.4 is 5.32 Å². The van der Waals surface area contributed by atoms with Gasteiger partial charge in [0.05, 0.1) is 0 Å². The summed E-state index contributed by atoms with van der Waals surface area (Å²) in [5, 5.41) is 11.8. The third kappa shape index (κ3) is 4.04. The van der Waals surface area contributed by atoms with Gasteiger partial charge in [0.1, 0.15) is 6.10 Å². The molecule has 1 heterocycles. The van der Waals surface area contributed by atoms with Crippen LogP contribution in [0, 0.1) is 6.92 Å². The first-order chi connectivity index (χ1) is 9.97. The minimum absolute atomic E-state index is 0.0221. The smallest absolute Gasteiger partial charge is 0.332 e. The molecule has 1 aliphatic heterocycles. The highest BCUT2D eigenvalue weighted by Crippen LogP contribution is 2.20. The maximum absolute atomic E-state index is 12.1. The molecule has 0 aromatic heterocycles. The summed E-state index contributed by atoms with van der Waals surface area (Å²) < 4.78 is 5.25. The van der Waals surface area contributed by atoms with Crippen molar-refractivity contribution in [2.24, 2.45) is 0 Å². The van der Waals surface area contributed by atoms with E-state index in [1.165, 1.54) is 11.1 Å². The number of carbonyl (C=O) groups is 2. The highest BCUT2D eigenvalue weighted by molar-refractivity contribution is 5.82. The predicted molar refractivity (Wildman–Crippen MR) is 78.0 cm³/mol. The van der Waals surface area contributed by atoms with Crippen LogP contribution in [0.1, 0.15) is 30.9 Å². The summed E-state index contributed by atoms with van der Waals surface area (Å²) in [4.78, 5) is 22.9. The third-order valence-corrected chi connectivity index (χ3v) is 3.76. The molecule has 3 atom stereocenters. The van der Waals surface area contributed by atoms with Gasteiger partial charge >= 0.3 is 5.97 Å². The zero-order chi connectivity index (χ0) is 15.4. The number of nitrogens with one attached hydrogen (secondary N) is 1. The first-order valence-corrected chi connectivity index (χ1v) is 7.20. The monoisotopic (exact) mass is 291 g/mol. The van der Waals surface area contributed by atoms with Gasteiger partial charge in [0.2, 0.25) is 5.91 Å². The molecule has 1 saturated heterocycles. The second kappa shape index (κ2) is 6.72. The Bertz CT molecular complexity index is 529. The van der Waals surface area contributed by atoms with E-state index >= 15 is 0 Å². The molecule has 0 bridgehead atoms. The van der Waals surface area contributed by atoms with Crippen molar-refractivity contribution in [1.29, 1.82) is 0 Å². The van der Waals surface area contributed by atoms with E-state index in [0.717, 1.165) is 6.42 Å². The zero-order valence-electron chi connectivity index (χ0n) is 12.3. The van der Waals surface area contributed by atoms with Crippen molar-refractivity contribution in [3.63, 3.8) is 0 Å². The molecule has 0 saturated carbocycles. The molecule has 5 nitrogen and oxygen atoms in total. The molecule has 0 spiro atoms. The van der Waals surface area contributed by atoms with Gasteiger partial charge in [-0.05, 0) is 44.2 Å². The van der Waals surface area contributed by atoms with Crippen molar-refractivity contribution < 1.29 is 19.4 Å². The van der Waals surface area contributed by atoms with Crippen LogP contribution in [0.25, 0.3) is 0 Å². The van der Waals surface area contributed by atoms with Crippen LogP contribution in [0.15, 0.2) is 24.3 Å². The maximum atomic E-state index is 12.1. The fourth-order valence-corrected chi connectivity index (χ4v) is 2.57. The summed E-state index contributed by atoms with van der Waals surface area (Å²) in [5.74, 6) is -1.22. The lowest BCUT2D eigenvalue weighted by Gasteiger charge is -2.18. The molecule has 5 heteroatoms. The fraction of sp³-hybridized carbons (Fsp3) is 0.500. The number of carboxylic acid groups (broad SMARTS) is 1. The lowest BCUT2D eigenvalue weighted by molar-refractivity contribution is -0.151. The van der Waals surface area contributed by atoms with Crippen molar-refractivity contribution in [2.75, 3.05) is 0 Å². The van der Waals surface area contributed by atoms with Gasteiger partial charge in [-0.25, -0.2) is 4.79 Å². The van der Waals surface area contributed by atoms with Crippen LogP contribution >= 0.6 is 0 Å². The van der Waals surface area contributed by atoms with E-state index in [1.54, 1.807) is 0 Å². The molecule has 1 amide bonds. The van der Waals surface area contributed by atoms with Crippen molar-refractivity contribution in [1.82, 2.24) is 5.32 Å². The second-order valence-corrected chi connectivity index (χ2v) is 5.57. The fourth-order valence-electron chi connectivity index (χ4n) is 2.57. The first kappa shape index (κ1) is 15.5. The van der Waals surface area contributed by atoms with Crippen LogP contribution in [0.5, 0.6) is 0 Å². The Hall–Kier alpha value is -1.88. The summed E-state index contributed by atoms with van der Waals surface area (Å²) in [6.07, 6.45) is 0.0883. The number of aliphatic carboxylic acids is 1. The highest BCUT2D eigenvalue weighted by Gasteiger charge is 2.34. The standard InChI is InChI=1S/C16H21NO4/c1-10-5-3-4-6-12(10)9-11(2)17-15(18)13-7-8-14(21-13)16(19)20/h3-6,11,13-14H,7-9H2,1-2H3,(H,17,18)(H,19,20). The average Bonchev–Trinajstić information content (AvgIpc) is 2.91. The quantitative estimate of drug-likeness (QED) is 0.865. The predicted octanol–water partition coefficient (Wildman–Crippen LogP) is 1.67. The minimum atomic E-state index is -1.00. The van der Waals surface area contributed by atoms with E-state index in [-0.39, 0.29) is 11.9 Å². The van der Waals surface area contributed by atoms with Gasteiger partial charge in [-0.3, -0.25) is 4.79 Å². The van der Waals surface area contributed by atoms with Crippen LogP contribution in [-0.2, 0) is 20.7 Å². The van der Waals surface area contributed by atoms with E-state index < -0.39 is 18.2 Å². The van der Waals surface area contributed by atoms with E-state index in [0.29, 0.717) is 12.8 Å². The van der Waals surface area contributed by atoms with Gasteiger partial charge in [-0.2, -0.15) is 0 Å². The Morgan fingerprint density at radius 3 is 2.62 bits per heavy atom. The van der Waals surface area contributed by atoms with Gasteiger partial charge in [-0.15, -0.1) is 0 Å². The lowest BCUT2D eigenvalue weighted by Crippen LogP contribution is -2.41. The number of benzene rings is 1. The Balaban J connectivity index is 1.86. The minimum Gasteiger partial charge on any atom is -0.479 e. The van der Waals surface area contributed by atoms with E-state index in [9.17, 15) is 9.59 Å². The normalized spacial score (nSPS) is 22.8. The molecule has 1 aromatic rings. The number of rotatable bonds is 5. The summed E-state index contributed by atoms with van der Waals surface area (Å²) in [5.41, 5.74) is 2.39. The number of hydrogen-bond donors (Lipinski definition) is 2. The van der Waals surface area contributed by atoms with E-state index in [1.807, 2.05) is 38.1 Å². The first-order valence-electron chi connectivity index (χ1n) is 7.20. The molecule has 2 N–H and O–H groups in total. The SMILES string of the molecule is Cc1ccccc1CC(C)NC(=O)C1CCC(C(=O)O)O1. The van der Waals surface area contributed by atoms with Crippen molar-refractivity contribution in [3.8, 4) is 0 Å². The van der Waals surface area contributed by atoms with Gasteiger partial charge in [0, 0.05) is 6.04 Å². The third-order valence-electron chi connectivity index (χ3n) is 3.76. The highest BCUT2D eigenvalue weighted by atomic mass is 16.5. The number of ether oxygens (including phenoxy) is 1. The zero-order valence-corrected chi connectivity index (χ0v) is 12.3. The number of carbonyl (C=O) groups excluding carboxylic acids is 1. The topological polar surface area (TPSA) is 75.6 Å². The maximum Gasteiger partial charge on any atom is 0.332 e. The molecule has 1 aromatic carbocycles. The van der Waals surface area contributed by atoms with Gasteiger partial charge < -0.3 is 15.2 Å². The number of carboxylic acids is 1. The van der Waals surface area contributed by atoms with E-state index in [4.69, 9.17) is 9.84 Å². The molecule has 21 heavy (non-hydrogen) atoms. The van der Waals surface area contributed by atoms with Crippen molar-refractivity contribution in [3.05, 3.63) is 35.4 Å². The molecule has 2 rings (SSSR count). The molecule has 114 valence electrons. The number of aryl methyl sites for hydroxylation is 1. The summed E-state index contributed by atoms with van der Waals surface area (Å²) in [6, 6.07) is 8.03. The van der Waals surface area contributed by atoms with Gasteiger partial charge in [0.25, 0.3) is 0 Å².